The van der Waals surface area contributed by atoms with Crippen molar-refractivity contribution < 1.29 is 8.78 Å². The Morgan fingerprint density at radius 3 is 2.47 bits per heavy atom. The van der Waals surface area contributed by atoms with E-state index in [1.807, 2.05) is 13.8 Å². The van der Waals surface area contributed by atoms with Crippen LogP contribution in [0.5, 0.6) is 0 Å². The van der Waals surface area contributed by atoms with E-state index >= 15 is 0 Å². The molecule has 1 aromatic heterocycles. The molecule has 4 nitrogen and oxygen atoms in total. The molecule has 0 amide bonds. The van der Waals surface area contributed by atoms with Gasteiger partial charge in [0.15, 0.2) is 5.82 Å². The molecule has 0 bridgehead atoms. The molecule has 1 aromatic carbocycles. The molecule has 0 atom stereocenters. The van der Waals surface area contributed by atoms with Gasteiger partial charge in [0, 0.05) is 12.6 Å². The lowest BCUT2D eigenvalue weighted by Gasteiger charge is -2.12. The monoisotopic (exact) mass is 267 g/mol. The first-order valence-electron chi connectivity index (χ1n) is 6.06. The zero-order valence-corrected chi connectivity index (χ0v) is 10.8. The van der Waals surface area contributed by atoms with Crippen LogP contribution < -0.4 is 11.3 Å². The second-order valence-electron chi connectivity index (χ2n) is 4.14. The van der Waals surface area contributed by atoms with Crippen LogP contribution in [0.1, 0.15) is 19.5 Å². The maximum absolute atomic E-state index is 13.8. The van der Waals surface area contributed by atoms with E-state index in [0.29, 0.717) is 18.7 Å². The normalized spacial score (nSPS) is 10.9. The topological polar surface area (TPSA) is 53.0 Å². The van der Waals surface area contributed by atoms with E-state index in [1.54, 1.807) is 4.68 Å². The van der Waals surface area contributed by atoms with Crippen molar-refractivity contribution in [1.82, 2.24) is 9.36 Å². The third kappa shape index (κ3) is 2.03. The van der Waals surface area contributed by atoms with Gasteiger partial charge in [-0.25, -0.2) is 13.5 Å². The Kier molecular flexibility index (Phi) is 3.42. The van der Waals surface area contributed by atoms with E-state index in [4.69, 9.17) is 5.73 Å². The first kappa shape index (κ1) is 13.3. The van der Waals surface area contributed by atoms with Gasteiger partial charge in [0.25, 0.3) is 5.56 Å². The minimum Gasteiger partial charge on any atom is -0.393 e. The van der Waals surface area contributed by atoms with E-state index in [1.165, 1.54) is 6.07 Å². The number of hydrogen-bond acceptors (Lipinski definition) is 2. The highest BCUT2D eigenvalue weighted by Gasteiger charge is 2.18. The lowest BCUT2D eigenvalue weighted by Crippen LogP contribution is -2.23. The van der Waals surface area contributed by atoms with Crippen LogP contribution in [0, 0.1) is 11.6 Å². The summed E-state index contributed by atoms with van der Waals surface area (Å²) in [7, 11) is 0. The standard InChI is InChI=1S/C13H15F2N3O/c1-3-10-12(16)13(19)18(17(10)4-2)11-6-5-8(14)7-9(11)15/h5-7H,3-4,16H2,1-2H3. The molecule has 2 N–H and O–H groups in total. The molecule has 0 aliphatic rings. The van der Waals surface area contributed by atoms with Gasteiger partial charge in [-0.15, -0.1) is 0 Å². The van der Waals surface area contributed by atoms with Crippen molar-refractivity contribution in [3.8, 4) is 5.69 Å². The highest BCUT2D eigenvalue weighted by atomic mass is 19.1. The summed E-state index contributed by atoms with van der Waals surface area (Å²) in [5.41, 5.74) is 6.03. The van der Waals surface area contributed by atoms with Crippen LogP contribution in [0.4, 0.5) is 14.5 Å². The molecule has 0 unspecified atom stereocenters. The number of benzene rings is 1. The van der Waals surface area contributed by atoms with Crippen LogP contribution in [0.2, 0.25) is 0 Å². The van der Waals surface area contributed by atoms with Crippen LogP contribution in [0.25, 0.3) is 5.69 Å². The van der Waals surface area contributed by atoms with Crippen molar-refractivity contribution in [3.63, 3.8) is 0 Å². The maximum Gasteiger partial charge on any atom is 0.294 e. The molecule has 0 radical (unpaired) electrons. The lowest BCUT2D eigenvalue weighted by atomic mass is 10.3. The van der Waals surface area contributed by atoms with Gasteiger partial charge in [-0.05, 0) is 25.5 Å². The molecule has 6 heteroatoms. The highest BCUT2D eigenvalue weighted by molar-refractivity contribution is 5.46. The molecule has 0 saturated carbocycles. The summed E-state index contributed by atoms with van der Waals surface area (Å²) in [5, 5.41) is 0. The van der Waals surface area contributed by atoms with Crippen molar-refractivity contribution >= 4 is 5.69 Å². The molecule has 2 aromatic rings. The van der Waals surface area contributed by atoms with Gasteiger partial charge in [-0.1, -0.05) is 6.92 Å². The number of nitrogens with two attached hydrogens (primary N) is 1. The van der Waals surface area contributed by atoms with E-state index in [9.17, 15) is 13.6 Å². The minimum absolute atomic E-state index is 0.000324. The van der Waals surface area contributed by atoms with Gasteiger partial charge in [0.2, 0.25) is 0 Å². The summed E-state index contributed by atoms with van der Waals surface area (Å²) in [4.78, 5) is 12.1. The number of nitrogens with zero attached hydrogens (tertiary/aromatic N) is 2. The van der Waals surface area contributed by atoms with E-state index < -0.39 is 17.2 Å². The average Bonchev–Trinajstić information content (AvgIpc) is 2.62. The van der Waals surface area contributed by atoms with Crippen LogP contribution in [0.15, 0.2) is 23.0 Å². The smallest absolute Gasteiger partial charge is 0.294 e. The van der Waals surface area contributed by atoms with Gasteiger partial charge in [0.1, 0.15) is 17.2 Å². The quantitative estimate of drug-likeness (QED) is 0.925. The Morgan fingerprint density at radius 1 is 1.26 bits per heavy atom. The van der Waals surface area contributed by atoms with E-state index in [-0.39, 0.29) is 11.4 Å². The molecule has 2 rings (SSSR count). The predicted molar refractivity (Wildman–Crippen MR) is 69.4 cm³/mol. The Balaban J connectivity index is 2.78. The molecule has 102 valence electrons. The van der Waals surface area contributed by atoms with Gasteiger partial charge in [0.05, 0.1) is 5.69 Å². The zero-order chi connectivity index (χ0) is 14.2. The van der Waals surface area contributed by atoms with Crippen molar-refractivity contribution in [1.29, 1.82) is 0 Å². The maximum atomic E-state index is 13.8. The zero-order valence-electron chi connectivity index (χ0n) is 10.8. The van der Waals surface area contributed by atoms with Crippen LogP contribution in [0.3, 0.4) is 0 Å². The van der Waals surface area contributed by atoms with Gasteiger partial charge in [-0.3, -0.25) is 9.48 Å². The molecule has 0 aliphatic carbocycles. The van der Waals surface area contributed by atoms with Crippen LogP contribution in [-0.2, 0) is 13.0 Å². The Bertz CT molecular complexity index is 673. The van der Waals surface area contributed by atoms with Crippen molar-refractivity contribution in [2.75, 3.05) is 5.73 Å². The number of hydrogen-bond donors (Lipinski definition) is 1. The molecular weight excluding hydrogens is 252 g/mol. The number of aromatic nitrogens is 2. The summed E-state index contributed by atoms with van der Waals surface area (Å²) in [5.74, 6) is -1.48. The number of anilines is 1. The van der Waals surface area contributed by atoms with E-state index in [2.05, 4.69) is 0 Å². The molecular formula is C13H15F2N3O. The lowest BCUT2D eigenvalue weighted by molar-refractivity contribution is 0.519. The van der Waals surface area contributed by atoms with Crippen LogP contribution in [-0.4, -0.2) is 9.36 Å². The largest absolute Gasteiger partial charge is 0.393 e. The van der Waals surface area contributed by atoms with Gasteiger partial charge in [-0.2, -0.15) is 0 Å². The van der Waals surface area contributed by atoms with Crippen LogP contribution >= 0.6 is 0 Å². The Morgan fingerprint density at radius 2 is 1.95 bits per heavy atom. The van der Waals surface area contributed by atoms with Crippen molar-refractivity contribution in [2.24, 2.45) is 0 Å². The Hall–Kier alpha value is -2.11. The summed E-state index contributed by atoms with van der Waals surface area (Å²) in [6.07, 6.45) is 0.560. The first-order valence-corrected chi connectivity index (χ1v) is 6.06. The molecule has 19 heavy (non-hydrogen) atoms. The third-order valence-electron chi connectivity index (χ3n) is 3.06. The average molecular weight is 267 g/mol. The molecule has 0 spiro atoms. The van der Waals surface area contributed by atoms with Gasteiger partial charge < -0.3 is 5.73 Å². The Labute approximate surface area is 109 Å². The summed E-state index contributed by atoms with van der Waals surface area (Å²) >= 11 is 0. The fourth-order valence-electron chi connectivity index (χ4n) is 2.20. The molecule has 1 heterocycles. The SMILES string of the molecule is CCc1c(N)c(=O)n(-c2ccc(F)cc2F)n1CC. The fraction of sp³-hybridized carbons (Fsp3) is 0.308. The van der Waals surface area contributed by atoms with Crippen molar-refractivity contribution in [2.45, 2.75) is 26.8 Å². The second kappa shape index (κ2) is 4.87. The molecule has 0 fully saturated rings. The fourth-order valence-corrected chi connectivity index (χ4v) is 2.20. The number of rotatable bonds is 3. The summed E-state index contributed by atoms with van der Waals surface area (Å²) < 4.78 is 29.5. The highest BCUT2D eigenvalue weighted by Crippen LogP contribution is 2.17. The van der Waals surface area contributed by atoms with Gasteiger partial charge >= 0.3 is 0 Å². The molecule has 0 aliphatic heterocycles. The van der Waals surface area contributed by atoms with E-state index in [0.717, 1.165) is 16.8 Å². The second-order valence-corrected chi connectivity index (χ2v) is 4.14. The molecule has 0 saturated heterocycles. The minimum atomic E-state index is -0.794. The summed E-state index contributed by atoms with van der Waals surface area (Å²) in [6, 6.07) is 3.09. The number of nitrogen functional groups attached to an aromatic ring is 1. The predicted octanol–water partition coefficient (Wildman–Crippen LogP) is 2.08. The van der Waals surface area contributed by atoms with Crippen molar-refractivity contribution in [3.05, 3.63) is 45.9 Å². The summed E-state index contributed by atoms with van der Waals surface area (Å²) in [6.45, 7) is 4.16. The first-order chi connectivity index (χ1) is 9.01. The number of halogens is 2. The third-order valence-corrected chi connectivity index (χ3v) is 3.06.